The van der Waals surface area contributed by atoms with E-state index >= 15 is 0 Å². The zero-order valence-corrected chi connectivity index (χ0v) is 13.6. The number of halogens is 2. The molecule has 2 N–H and O–H groups in total. The van der Waals surface area contributed by atoms with Gasteiger partial charge in [-0.25, -0.2) is 4.39 Å². The second-order valence-corrected chi connectivity index (χ2v) is 6.99. The summed E-state index contributed by atoms with van der Waals surface area (Å²) >= 11 is 3.11. The Kier molecular flexibility index (Phi) is 4.41. The molecule has 1 saturated carbocycles. The van der Waals surface area contributed by atoms with Crippen LogP contribution >= 0.6 is 15.9 Å². The molecular weight excluding hydrogens is 337 g/mol. The van der Waals surface area contributed by atoms with Crippen LogP contribution in [0.15, 0.2) is 16.6 Å². The minimum atomic E-state index is -0.365. The van der Waals surface area contributed by atoms with Gasteiger partial charge in [0.25, 0.3) is 0 Å². The Morgan fingerprint density at radius 3 is 2.81 bits per heavy atom. The van der Waals surface area contributed by atoms with Crippen molar-refractivity contribution in [2.75, 3.05) is 12.3 Å². The Labute approximate surface area is 133 Å². The molecule has 1 aromatic carbocycles. The predicted molar refractivity (Wildman–Crippen MR) is 83.9 cm³/mol. The lowest BCUT2D eigenvalue weighted by molar-refractivity contribution is -0.0748. The topological polar surface area (TPSA) is 44.5 Å². The van der Waals surface area contributed by atoms with E-state index in [1.165, 1.54) is 44.2 Å². The van der Waals surface area contributed by atoms with Gasteiger partial charge >= 0.3 is 0 Å². The fourth-order valence-corrected chi connectivity index (χ4v) is 3.79. The first-order chi connectivity index (χ1) is 10.1. The SMILES string of the molecule is Nc1cc(Br)c(F)cc1OCC1CCC2(CCCCC2)O1. The second kappa shape index (κ2) is 6.13. The molecule has 0 radical (unpaired) electrons. The molecule has 1 unspecified atom stereocenters. The molecular formula is C16H21BrFNO2. The number of benzene rings is 1. The van der Waals surface area contributed by atoms with Crippen LogP contribution in [0.5, 0.6) is 5.75 Å². The van der Waals surface area contributed by atoms with E-state index < -0.39 is 0 Å². The van der Waals surface area contributed by atoms with Crippen LogP contribution in [0.2, 0.25) is 0 Å². The van der Waals surface area contributed by atoms with Gasteiger partial charge in [0, 0.05) is 6.07 Å². The Morgan fingerprint density at radius 1 is 1.29 bits per heavy atom. The van der Waals surface area contributed by atoms with Crippen molar-refractivity contribution in [1.82, 2.24) is 0 Å². The maximum absolute atomic E-state index is 13.5. The fraction of sp³-hybridized carbons (Fsp3) is 0.625. The highest BCUT2D eigenvalue weighted by atomic mass is 79.9. The molecule has 2 fully saturated rings. The molecule has 2 aliphatic rings. The molecule has 3 rings (SSSR count). The molecule has 3 nitrogen and oxygen atoms in total. The number of hydrogen-bond acceptors (Lipinski definition) is 3. The molecule has 1 aliphatic heterocycles. The highest BCUT2D eigenvalue weighted by Gasteiger charge is 2.40. The summed E-state index contributed by atoms with van der Waals surface area (Å²) in [7, 11) is 0. The predicted octanol–water partition coefficient (Wildman–Crippen LogP) is 4.43. The first-order valence-corrected chi connectivity index (χ1v) is 8.42. The Morgan fingerprint density at radius 2 is 2.05 bits per heavy atom. The molecule has 0 bridgehead atoms. The average molecular weight is 358 g/mol. The summed E-state index contributed by atoms with van der Waals surface area (Å²) in [4.78, 5) is 0. The number of rotatable bonds is 3. The van der Waals surface area contributed by atoms with Crippen LogP contribution in [-0.4, -0.2) is 18.3 Å². The van der Waals surface area contributed by atoms with Crippen molar-refractivity contribution in [1.29, 1.82) is 0 Å². The van der Waals surface area contributed by atoms with Crippen molar-refractivity contribution in [2.45, 2.75) is 56.7 Å². The lowest BCUT2D eigenvalue weighted by atomic mass is 9.83. The Bertz CT molecular complexity index is 517. The minimum Gasteiger partial charge on any atom is -0.489 e. The monoisotopic (exact) mass is 357 g/mol. The van der Waals surface area contributed by atoms with E-state index in [1.807, 2.05) is 0 Å². The summed E-state index contributed by atoms with van der Waals surface area (Å²) in [5.74, 6) is 0.0270. The summed E-state index contributed by atoms with van der Waals surface area (Å²) in [6.07, 6.45) is 8.40. The lowest BCUT2D eigenvalue weighted by Crippen LogP contribution is -2.32. The van der Waals surface area contributed by atoms with Gasteiger partial charge in [0.1, 0.15) is 18.2 Å². The first kappa shape index (κ1) is 15.1. The summed E-state index contributed by atoms with van der Waals surface area (Å²) < 4.78 is 25.8. The number of nitrogens with two attached hydrogens (primary N) is 1. The summed E-state index contributed by atoms with van der Waals surface area (Å²) in [5.41, 5.74) is 6.37. The largest absolute Gasteiger partial charge is 0.489 e. The molecule has 1 heterocycles. The van der Waals surface area contributed by atoms with Crippen molar-refractivity contribution in [3.8, 4) is 5.75 Å². The van der Waals surface area contributed by atoms with Gasteiger partial charge in [-0.15, -0.1) is 0 Å². The fourth-order valence-electron chi connectivity index (χ4n) is 3.43. The van der Waals surface area contributed by atoms with E-state index in [0.717, 1.165) is 12.8 Å². The Balaban J connectivity index is 1.58. The van der Waals surface area contributed by atoms with E-state index in [0.29, 0.717) is 22.5 Å². The molecule has 1 spiro atoms. The zero-order chi connectivity index (χ0) is 14.9. The third-order valence-electron chi connectivity index (χ3n) is 4.58. The molecule has 5 heteroatoms. The minimum absolute atomic E-state index is 0.0861. The number of ether oxygens (including phenoxy) is 2. The van der Waals surface area contributed by atoms with Crippen LogP contribution in [0.4, 0.5) is 10.1 Å². The van der Waals surface area contributed by atoms with E-state index in [1.54, 1.807) is 0 Å². The summed E-state index contributed by atoms with van der Waals surface area (Å²) in [5, 5.41) is 0. The maximum atomic E-state index is 13.5. The lowest BCUT2D eigenvalue weighted by Gasteiger charge is -2.33. The van der Waals surface area contributed by atoms with Crippen molar-refractivity contribution in [2.24, 2.45) is 0 Å². The van der Waals surface area contributed by atoms with Gasteiger partial charge in [0.05, 0.1) is 21.9 Å². The van der Waals surface area contributed by atoms with Gasteiger partial charge in [-0.1, -0.05) is 19.3 Å². The smallest absolute Gasteiger partial charge is 0.145 e. The zero-order valence-electron chi connectivity index (χ0n) is 12.0. The van der Waals surface area contributed by atoms with Crippen LogP contribution in [0.25, 0.3) is 0 Å². The van der Waals surface area contributed by atoms with Crippen molar-refractivity contribution < 1.29 is 13.9 Å². The van der Waals surface area contributed by atoms with Gasteiger partial charge in [0.2, 0.25) is 0 Å². The quantitative estimate of drug-likeness (QED) is 0.813. The van der Waals surface area contributed by atoms with Crippen LogP contribution < -0.4 is 10.5 Å². The van der Waals surface area contributed by atoms with Crippen LogP contribution in [0, 0.1) is 5.82 Å². The molecule has 1 saturated heterocycles. The van der Waals surface area contributed by atoms with Crippen molar-refractivity contribution in [3.05, 3.63) is 22.4 Å². The molecule has 1 aromatic rings. The van der Waals surface area contributed by atoms with E-state index in [2.05, 4.69) is 15.9 Å². The summed E-state index contributed by atoms with van der Waals surface area (Å²) in [6, 6.07) is 2.85. The van der Waals surface area contributed by atoms with Crippen molar-refractivity contribution in [3.63, 3.8) is 0 Å². The standard InChI is InChI=1S/C16H21BrFNO2/c17-12-8-14(19)15(9-13(12)18)20-10-11-4-7-16(21-11)5-2-1-3-6-16/h8-9,11H,1-7,10,19H2. The summed E-state index contributed by atoms with van der Waals surface area (Å²) in [6.45, 7) is 0.438. The molecule has 21 heavy (non-hydrogen) atoms. The normalized spacial score (nSPS) is 24.4. The van der Waals surface area contributed by atoms with Gasteiger partial charge in [-0.05, 0) is 47.7 Å². The highest BCUT2D eigenvalue weighted by molar-refractivity contribution is 9.10. The van der Waals surface area contributed by atoms with Gasteiger partial charge in [-0.2, -0.15) is 0 Å². The third-order valence-corrected chi connectivity index (χ3v) is 5.19. The van der Waals surface area contributed by atoms with Gasteiger partial charge in [-0.3, -0.25) is 0 Å². The molecule has 1 aliphatic carbocycles. The first-order valence-electron chi connectivity index (χ1n) is 7.63. The number of anilines is 1. The van der Waals surface area contributed by atoms with E-state index in [-0.39, 0.29) is 17.5 Å². The average Bonchev–Trinajstić information content (AvgIpc) is 2.85. The number of nitrogen functional groups attached to an aromatic ring is 1. The van der Waals surface area contributed by atoms with Crippen LogP contribution in [-0.2, 0) is 4.74 Å². The third kappa shape index (κ3) is 3.34. The van der Waals surface area contributed by atoms with Crippen LogP contribution in [0.1, 0.15) is 44.9 Å². The highest BCUT2D eigenvalue weighted by Crippen LogP contribution is 2.42. The van der Waals surface area contributed by atoms with E-state index in [9.17, 15) is 4.39 Å². The molecule has 1 atom stereocenters. The number of hydrogen-bond donors (Lipinski definition) is 1. The van der Waals surface area contributed by atoms with Crippen LogP contribution in [0.3, 0.4) is 0 Å². The molecule has 0 aromatic heterocycles. The van der Waals surface area contributed by atoms with Gasteiger partial charge < -0.3 is 15.2 Å². The Hall–Kier alpha value is -0.810. The second-order valence-electron chi connectivity index (χ2n) is 6.14. The van der Waals surface area contributed by atoms with Gasteiger partial charge in [0.15, 0.2) is 0 Å². The van der Waals surface area contributed by atoms with E-state index in [4.69, 9.17) is 15.2 Å². The molecule has 116 valence electrons. The molecule has 0 amide bonds. The maximum Gasteiger partial charge on any atom is 0.145 e. The van der Waals surface area contributed by atoms with Crippen molar-refractivity contribution >= 4 is 21.6 Å².